The number of rotatable bonds is 7. The molecule has 0 aliphatic heterocycles. The third-order valence-electron chi connectivity index (χ3n) is 2.67. The summed E-state index contributed by atoms with van der Waals surface area (Å²) in [5, 5.41) is 3.58. The molecule has 1 nitrogen and oxygen atoms in total. The fourth-order valence-electron chi connectivity index (χ4n) is 1.66. The SMILES string of the molecule is CCCCCCNC(C)c1ccc(C)s1. The molecule has 0 aromatic carbocycles. The third kappa shape index (κ3) is 4.80. The first-order valence-electron chi connectivity index (χ1n) is 6.03. The van der Waals surface area contributed by atoms with Crippen molar-refractivity contribution in [3.8, 4) is 0 Å². The lowest BCUT2D eigenvalue weighted by atomic mass is 10.2. The molecule has 0 aliphatic rings. The Balaban J connectivity index is 2.16. The van der Waals surface area contributed by atoms with Gasteiger partial charge in [-0.25, -0.2) is 0 Å². The summed E-state index contributed by atoms with van der Waals surface area (Å²) in [6, 6.07) is 4.96. The van der Waals surface area contributed by atoms with Crippen LogP contribution in [0.5, 0.6) is 0 Å². The van der Waals surface area contributed by atoms with Gasteiger partial charge >= 0.3 is 0 Å². The van der Waals surface area contributed by atoms with Crippen LogP contribution in [-0.2, 0) is 0 Å². The molecule has 2 heteroatoms. The fourth-order valence-corrected chi connectivity index (χ4v) is 2.56. The Labute approximate surface area is 97.9 Å². The Morgan fingerprint density at radius 3 is 2.67 bits per heavy atom. The maximum Gasteiger partial charge on any atom is 0.0386 e. The maximum absolute atomic E-state index is 3.58. The van der Waals surface area contributed by atoms with Gasteiger partial charge in [-0.1, -0.05) is 26.2 Å². The van der Waals surface area contributed by atoms with Crippen LogP contribution in [0.2, 0.25) is 0 Å². The van der Waals surface area contributed by atoms with Gasteiger partial charge in [0.1, 0.15) is 0 Å². The Hall–Kier alpha value is -0.340. The Morgan fingerprint density at radius 1 is 1.27 bits per heavy atom. The zero-order valence-corrected chi connectivity index (χ0v) is 11.0. The van der Waals surface area contributed by atoms with Crippen molar-refractivity contribution in [3.05, 3.63) is 21.9 Å². The Morgan fingerprint density at radius 2 is 2.07 bits per heavy atom. The van der Waals surface area contributed by atoms with Gasteiger partial charge in [0.25, 0.3) is 0 Å². The summed E-state index contributed by atoms with van der Waals surface area (Å²) in [7, 11) is 0. The van der Waals surface area contributed by atoms with E-state index in [0.717, 1.165) is 6.54 Å². The van der Waals surface area contributed by atoms with Crippen molar-refractivity contribution in [1.82, 2.24) is 5.32 Å². The van der Waals surface area contributed by atoms with E-state index in [1.807, 2.05) is 11.3 Å². The van der Waals surface area contributed by atoms with E-state index in [9.17, 15) is 0 Å². The van der Waals surface area contributed by atoms with Crippen molar-refractivity contribution in [2.24, 2.45) is 0 Å². The first-order chi connectivity index (χ1) is 7.24. The predicted octanol–water partition coefficient (Wildman–Crippen LogP) is 4.29. The Bertz CT molecular complexity index is 267. The molecule has 0 amide bonds. The van der Waals surface area contributed by atoms with Crippen molar-refractivity contribution in [2.75, 3.05) is 6.54 Å². The minimum absolute atomic E-state index is 0.519. The molecule has 86 valence electrons. The van der Waals surface area contributed by atoms with Gasteiger partial charge in [-0.2, -0.15) is 0 Å². The van der Waals surface area contributed by atoms with Crippen LogP contribution in [0, 0.1) is 6.92 Å². The normalized spacial score (nSPS) is 13.0. The minimum Gasteiger partial charge on any atom is -0.309 e. The van der Waals surface area contributed by atoms with E-state index in [-0.39, 0.29) is 0 Å². The van der Waals surface area contributed by atoms with Gasteiger partial charge in [0.2, 0.25) is 0 Å². The molecule has 1 aromatic rings. The molecule has 1 unspecified atom stereocenters. The van der Waals surface area contributed by atoms with E-state index in [2.05, 4.69) is 38.2 Å². The second kappa shape index (κ2) is 7.02. The van der Waals surface area contributed by atoms with Crippen molar-refractivity contribution in [1.29, 1.82) is 0 Å². The highest BCUT2D eigenvalue weighted by Gasteiger charge is 2.05. The summed E-state index contributed by atoms with van der Waals surface area (Å²) >= 11 is 1.90. The van der Waals surface area contributed by atoms with Crippen LogP contribution in [0.3, 0.4) is 0 Å². The smallest absolute Gasteiger partial charge is 0.0386 e. The van der Waals surface area contributed by atoms with Gasteiger partial charge in [0.15, 0.2) is 0 Å². The van der Waals surface area contributed by atoms with Crippen LogP contribution in [0.1, 0.15) is 55.3 Å². The molecule has 0 saturated carbocycles. The highest BCUT2D eigenvalue weighted by Crippen LogP contribution is 2.22. The molecule has 1 atom stereocenters. The van der Waals surface area contributed by atoms with Crippen LogP contribution < -0.4 is 5.32 Å². The van der Waals surface area contributed by atoms with Gasteiger partial charge in [-0.15, -0.1) is 11.3 Å². The molecule has 0 saturated heterocycles. The number of thiophene rings is 1. The number of hydrogen-bond acceptors (Lipinski definition) is 2. The number of nitrogens with one attached hydrogen (secondary N) is 1. The van der Waals surface area contributed by atoms with E-state index in [4.69, 9.17) is 0 Å². The van der Waals surface area contributed by atoms with E-state index in [0.29, 0.717) is 6.04 Å². The largest absolute Gasteiger partial charge is 0.309 e. The first kappa shape index (κ1) is 12.7. The highest BCUT2D eigenvalue weighted by molar-refractivity contribution is 7.12. The van der Waals surface area contributed by atoms with Crippen LogP contribution in [0.4, 0.5) is 0 Å². The zero-order valence-electron chi connectivity index (χ0n) is 10.2. The molecule has 0 bridgehead atoms. The summed E-state index contributed by atoms with van der Waals surface area (Å²) in [6.07, 6.45) is 5.36. The van der Waals surface area contributed by atoms with Gasteiger partial charge in [0, 0.05) is 15.8 Å². The lowest BCUT2D eigenvalue weighted by Crippen LogP contribution is -2.18. The number of hydrogen-bond donors (Lipinski definition) is 1. The third-order valence-corrected chi connectivity index (χ3v) is 3.85. The van der Waals surface area contributed by atoms with Gasteiger partial charge in [0.05, 0.1) is 0 Å². The van der Waals surface area contributed by atoms with Crippen LogP contribution in [0.15, 0.2) is 12.1 Å². The maximum atomic E-state index is 3.58. The van der Waals surface area contributed by atoms with E-state index < -0.39 is 0 Å². The topological polar surface area (TPSA) is 12.0 Å². The summed E-state index contributed by atoms with van der Waals surface area (Å²) in [5.41, 5.74) is 0. The molecule has 0 radical (unpaired) electrons. The van der Waals surface area contributed by atoms with Crippen molar-refractivity contribution in [2.45, 2.75) is 52.5 Å². The molecule has 0 fully saturated rings. The molecule has 1 N–H and O–H groups in total. The Kier molecular flexibility index (Phi) is 5.96. The molecule has 0 spiro atoms. The minimum atomic E-state index is 0.519. The lowest BCUT2D eigenvalue weighted by molar-refractivity contribution is 0.542. The molecule has 0 aliphatic carbocycles. The monoisotopic (exact) mass is 225 g/mol. The summed E-state index contributed by atoms with van der Waals surface area (Å²) < 4.78 is 0. The van der Waals surface area contributed by atoms with Crippen molar-refractivity contribution in [3.63, 3.8) is 0 Å². The van der Waals surface area contributed by atoms with Gasteiger partial charge < -0.3 is 5.32 Å². The first-order valence-corrected chi connectivity index (χ1v) is 6.85. The summed E-state index contributed by atoms with van der Waals surface area (Å²) in [6.45, 7) is 7.83. The average Bonchev–Trinajstić information content (AvgIpc) is 2.64. The van der Waals surface area contributed by atoms with E-state index in [1.54, 1.807) is 0 Å². The molecular formula is C13H23NS. The van der Waals surface area contributed by atoms with Crippen molar-refractivity contribution >= 4 is 11.3 Å². The second-order valence-electron chi connectivity index (χ2n) is 4.18. The highest BCUT2D eigenvalue weighted by atomic mass is 32.1. The van der Waals surface area contributed by atoms with E-state index >= 15 is 0 Å². The van der Waals surface area contributed by atoms with Gasteiger partial charge in [-0.05, 0) is 38.9 Å². The molecular weight excluding hydrogens is 202 g/mol. The molecule has 15 heavy (non-hydrogen) atoms. The number of aryl methyl sites for hydroxylation is 1. The quantitative estimate of drug-likeness (QED) is 0.683. The summed E-state index contributed by atoms with van der Waals surface area (Å²) in [4.78, 5) is 2.87. The van der Waals surface area contributed by atoms with Crippen LogP contribution in [-0.4, -0.2) is 6.54 Å². The molecule has 1 heterocycles. The van der Waals surface area contributed by atoms with Crippen LogP contribution in [0.25, 0.3) is 0 Å². The average molecular weight is 225 g/mol. The standard InChI is InChI=1S/C13H23NS/c1-4-5-6-7-10-14-12(3)13-9-8-11(2)15-13/h8-9,12,14H,4-7,10H2,1-3H3. The molecule has 1 aromatic heterocycles. The molecule has 1 rings (SSSR count). The van der Waals surface area contributed by atoms with E-state index in [1.165, 1.54) is 35.4 Å². The van der Waals surface area contributed by atoms with Gasteiger partial charge in [-0.3, -0.25) is 0 Å². The predicted molar refractivity (Wildman–Crippen MR) is 69.6 cm³/mol. The van der Waals surface area contributed by atoms with Crippen LogP contribution >= 0.6 is 11.3 Å². The van der Waals surface area contributed by atoms with Crippen molar-refractivity contribution < 1.29 is 0 Å². The zero-order chi connectivity index (χ0) is 11.1. The summed E-state index contributed by atoms with van der Waals surface area (Å²) in [5.74, 6) is 0. The second-order valence-corrected chi connectivity index (χ2v) is 5.50. The number of unbranched alkanes of at least 4 members (excludes halogenated alkanes) is 3. The fraction of sp³-hybridized carbons (Fsp3) is 0.692. The lowest BCUT2D eigenvalue weighted by Gasteiger charge is -2.11.